The second-order valence-corrected chi connectivity index (χ2v) is 5.79. The molecule has 2 rings (SSSR count). The molecule has 5 heteroatoms. The molecule has 3 N–H and O–H groups in total. The quantitative estimate of drug-likeness (QED) is 0.862. The average molecular weight is 275 g/mol. The SMILES string of the molecule is CC(=O)N1CCCc2cc(NC(=O)C(C)(C)N)ccc21. The van der Waals surface area contributed by atoms with E-state index in [0.29, 0.717) is 0 Å². The number of anilines is 2. The Morgan fingerprint density at radius 3 is 2.65 bits per heavy atom. The van der Waals surface area contributed by atoms with E-state index in [-0.39, 0.29) is 11.8 Å². The summed E-state index contributed by atoms with van der Waals surface area (Å²) >= 11 is 0. The normalized spacial score (nSPS) is 14.7. The maximum absolute atomic E-state index is 11.9. The van der Waals surface area contributed by atoms with Crippen LogP contribution in [0.2, 0.25) is 0 Å². The Kier molecular flexibility index (Phi) is 3.81. The van der Waals surface area contributed by atoms with Crippen molar-refractivity contribution < 1.29 is 9.59 Å². The van der Waals surface area contributed by atoms with Crippen molar-refractivity contribution in [3.8, 4) is 0 Å². The molecule has 1 heterocycles. The monoisotopic (exact) mass is 275 g/mol. The van der Waals surface area contributed by atoms with E-state index in [9.17, 15) is 9.59 Å². The topological polar surface area (TPSA) is 75.4 Å². The zero-order valence-corrected chi connectivity index (χ0v) is 12.2. The van der Waals surface area contributed by atoms with Crippen molar-refractivity contribution >= 4 is 23.2 Å². The van der Waals surface area contributed by atoms with Crippen LogP contribution in [-0.2, 0) is 16.0 Å². The lowest BCUT2D eigenvalue weighted by atomic mass is 10.0. The number of aryl methyl sites for hydroxylation is 1. The Morgan fingerprint density at radius 2 is 2.05 bits per heavy atom. The Balaban J connectivity index is 2.24. The summed E-state index contributed by atoms with van der Waals surface area (Å²) in [6.07, 6.45) is 1.85. The van der Waals surface area contributed by atoms with Gasteiger partial charge in [0, 0.05) is 24.8 Å². The van der Waals surface area contributed by atoms with E-state index in [1.54, 1.807) is 25.7 Å². The van der Waals surface area contributed by atoms with Crippen LogP contribution in [0.3, 0.4) is 0 Å². The van der Waals surface area contributed by atoms with Crippen molar-refractivity contribution in [2.45, 2.75) is 39.2 Å². The van der Waals surface area contributed by atoms with Crippen LogP contribution in [-0.4, -0.2) is 23.9 Å². The molecule has 0 radical (unpaired) electrons. The van der Waals surface area contributed by atoms with Crippen LogP contribution in [0.25, 0.3) is 0 Å². The standard InChI is InChI=1S/C15H21N3O2/c1-10(19)18-8-4-5-11-9-12(6-7-13(11)18)17-14(20)15(2,3)16/h6-7,9H,4-5,8,16H2,1-3H3,(H,17,20). The Bertz CT molecular complexity index is 547. The first-order valence-electron chi connectivity index (χ1n) is 6.80. The molecule has 0 fully saturated rings. The molecule has 5 nitrogen and oxygen atoms in total. The molecule has 0 spiro atoms. The first-order chi connectivity index (χ1) is 9.29. The molecule has 0 atom stereocenters. The Labute approximate surface area is 119 Å². The summed E-state index contributed by atoms with van der Waals surface area (Å²) in [5, 5.41) is 2.81. The first kappa shape index (κ1) is 14.5. The predicted octanol–water partition coefficient (Wildman–Crippen LogP) is 1.66. The number of carbonyl (C=O) groups is 2. The third-order valence-corrected chi connectivity index (χ3v) is 3.42. The van der Waals surface area contributed by atoms with Crippen LogP contribution in [0, 0.1) is 0 Å². The van der Waals surface area contributed by atoms with Gasteiger partial charge < -0.3 is 16.0 Å². The lowest BCUT2D eigenvalue weighted by Gasteiger charge is -2.29. The number of hydrogen-bond acceptors (Lipinski definition) is 3. The molecule has 0 saturated heterocycles. The van der Waals surface area contributed by atoms with E-state index in [1.807, 2.05) is 18.2 Å². The predicted molar refractivity (Wildman–Crippen MR) is 79.7 cm³/mol. The lowest BCUT2D eigenvalue weighted by Crippen LogP contribution is -2.45. The van der Waals surface area contributed by atoms with Gasteiger partial charge in [-0.05, 0) is 50.5 Å². The van der Waals surface area contributed by atoms with Crippen molar-refractivity contribution in [2.24, 2.45) is 5.73 Å². The molecule has 0 saturated carbocycles. The lowest BCUT2D eigenvalue weighted by molar-refractivity contribution is -0.120. The zero-order valence-electron chi connectivity index (χ0n) is 12.2. The van der Waals surface area contributed by atoms with Crippen LogP contribution in [0.5, 0.6) is 0 Å². The zero-order chi connectivity index (χ0) is 14.9. The summed E-state index contributed by atoms with van der Waals surface area (Å²) in [6, 6.07) is 5.62. The van der Waals surface area contributed by atoms with E-state index < -0.39 is 5.54 Å². The molecule has 2 amide bonds. The van der Waals surface area contributed by atoms with Gasteiger partial charge in [0.25, 0.3) is 0 Å². The van der Waals surface area contributed by atoms with Crippen molar-refractivity contribution in [1.82, 2.24) is 0 Å². The third kappa shape index (κ3) is 2.99. The average Bonchev–Trinajstić information content (AvgIpc) is 2.36. The van der Waals surface area contributed by atoms with E-state index in [0.717, 1.165) is 36.3 Å². The number of amides is 2. The smallest absolute Gasteiger partial charge is 0.243 e. The van der Waals surface area contributed by atoms with Gasteiger partial charge in [-0.25, -0.2) is 0 Å². The van der Waals surface area contributed by atoms with Gasteiger partial charge in [0.15, 0.2) is 0 Å². The highest BCUT2D eigenvalue weighted by Gasteiger charge is 2.23. The van der Waals surface area contributed by atoms with Gasteiger partial charge in [-0.15, -0.1) is 0 Å². The molecular formula is C15H21N3O2. The van der Waals surface area contributed by atoms with Crippen LogP contribution >= 0.6 is 0 Å². The molecule has 1 aliphatic rings. The van der Waals surface area contributed by atoms with Gasteiger partial charge in [-0.2, -0.15) is 0 Å². The summed E-state index contributed by atoms with van der Waals surface area (Å²) in [7, 11) is 0. The number of benzene rings is 1. The van der Waals surface area contributed by atoms with Crippen molar-refractivity contribution in [2.75, 3.05) is 16.8 Å². The molecule has 20 heavy (non-hydrogen) atoms. The molecule has 108 valence electrons. The van der Waals surface area contributed by atoms with Crippen molar-refractivity contribution in [3.63, 3.8) is 0 Å². The van der Waals surface area contributed by atoms with Gasteiger partial charge >= 0.3 is 0 Å². The molecule has 1 aromatic carbocycles. The maximum Gasteiger partial charge on any atom is 0.243 e. The summed E-state index contributed by atoms with van der Waals surface area (Å²) in [5.74, 6) is -0.178. The highest BCUT2D eigenvalue weighted by molar-refractivity contribution is 5.98. The highest BCUT2D eigenvalue weighted by atomic mass is 16.2. The van der Waals surface area contributed by atoms with Crippen molar-refractivity contribution in [3.05, 3.63) is 23.8 Å². The minimum atomic E-state index is -0.915. The fourth-order valence-corrected chi connectivity index (χ4v) is 2.29. The summed E-state index contributed by atoms with van der Waals surface area (Å²) in [6.45, 7) is 5.65. The number of fused-ring (bicyclic) bond motifs is 1. The number of carbonyl (C=O) groups excluding carboxylic acids is 2. The summed E-state index contributed by atoms with van der Waals surface area (Å²) in [5.41, 5.74) is 7.59. The van der Waals surface area contributed by atoms with Gasteiger partial charge in [0.1, 0.15) is 0 Å². The minimum absolute atomic E-state index is 0.0471. The molecule has 0 aliphatic carbocycles. The van der Waals surface area contributed by atoms with E-state index in [4.69, 9.17) is 5.73 Å². The number of rotatable bonds is 2. The molecular weight excluding hydrogens is 254 g/mol. The second-order valence-electron chi connectivity index (χ2n) is 5.79. The second kappa shape index (κ2) is 5.25. The molecule has 1 aromatic rings. The number of nitrogens with one attached hydrogen (secondary N) is 1. The van der Waals surface area contributed by atoms with E-state index in [1.165, 1.54) is 0 Å². The van der Waals surface area contributed by atoms with Crippen LogP contribution in [0.1, 0.15) is 32.8 Å². The van der Waals surface area contributed by atoms with E-state index in [2.05, 4.69) is 5.32 Å². The molecule has 0 bridgehead atoms. The summed E-state index contributed by atoms with van der Waals surface area (Å²) < 4.78 is 0. The molecule has 1 aliphatic heterocycles. The first-order valence-corrected chi connectivity index (χ1v) is 6.80. The Hall–Kier alpha value is -1.88. The van der Waals surface area contributed by atoms with Gasteiger partial charge in [-0.1, -0.05) is 0 Å². The molecule has 0 aromatic heterocycles. The minimum Gasteiger partial charge on any atom is -0.324 e. The maximum atomic E-state index is 11.9. The number of nitrogens with two attached hydrogens (primary N) is 1. The summed E-state index contributed by atoms with van der Waals surface area (Å²) in [4.78, 5) is 25.2. The van der Waals surface area contributed by atoms with Gasteiger partial charge in [-0.3, -0.25) is 9.59 Å². The highest BCUT2D eigenvalue weighted by Crippen LogP contribution is 2.29. The fourth-order valence-electron chi connectivity index (χ4n) is 2.29. The number of hydrogen-bond donors (Lipinski definition) is 2. The fraction of sp³-hybridized carbons (Fsp3) is 0.467. The van der Waals surface area contributed by atoms with Gasteiger partial charge in [0.2, 0.25) is 11.8 Å². The molecule has 0 unspecified atom stereocenters. The van der Waals surface area contributed by atoms with Crippen molar-refractivity contribution in [1.29, 1.82) is 0 Å². The van der Waals surface area contributed by atoms with Crippen LogP contribution in [0.15, 0.2) is 18.2 Å². The van der Waals surface area contributed by atoms with Crippen LogP contribution < -0.4 is 16.0 Å². The third-order valence-electron chi connectivity index (χ3n) is 3.42. The Morgan fingerprint density at radius 1 is 1.35 bits per heavy atom. The van der Waals surface area contributed by atoms with Gasteiger partial charge in [0.05, 0.1) is 5.54 Å². The van der Waals surface area contributed by atoms with Crippen LogP contribution in [0.4, 0.5) is 11.4 Å². The number of nitrogens with zero attached hydrogens (tertiary/aromatic N) is 1. The van der Waals surface area contributed by atoms with E-state index >= 15 is 0 Å². The largest absolute Gasteiger partial charge is 0.324 e.